The lowest BCUT2D eigenvalue weighted by Crippen LogP contribution is -2.27. The van der Waals surface area contributed by atoms with Crippen LogP contribution in [0.4, 0.5) is 11.6 Å². The number of nitrogens with one attached hydrogen (secondary N) is 3. The predicted molar refractivity (Wildman–Crippen MR) is 128 cm³/mol. The summed E-state index contributed by atoms with van der Waals surface area (Å²) in [6, 6.07) is 10.2. The van der Waals surface area contributed by atoms with Crippen LogP contribution in [0.25, 0.3) is 0 Å². The van der Waals surface area contributed by atoms with Crippen molar-refractivity contribution >= 4 is 34.4 Å². The number of benzene rings is 2. The van der Waals surface area contributed by atoms with E-state index < -0.39 is 11.0 Å². The second-order valence-electron chi connectivity index (χ2n) is 7.46. The molecular formula is C23H27N5O4S. The molecule has 174 valence electrons. The molecule has 1 unspecified atom stereocenters. The van der Waals surface area contributed by atoms with Crippen molar-refractivity contribution in [2.75, 3.05) is 31.3 Å². The van der Waals surface area contributed by atoms with Gasteiger partial charge < -0.3 is 15.0 Å². The van der Waals surface area contributed by atoms with Crippen LogP contribution in [0.3, 0.4) is 0 Å². The van der Waals surface area contributed by atoms with Crippen LogP contribution in [-0.4, -0.2) is 51.0 Å². The molecule has 3 N–H and O–H groups in total. The van der Waals surface area contributed by atoms with Gasteiger partial charge in [0.05, 0.1) is 12.0 Å². The standard InChI is InChI=1S/C23H27N5O4S/c1-15-13-19(32-4)14-16(2)21(15)33(31)28(3)12-9-20(29)26-18-7-5-17(6-8-18)22(30)27-23-24-10-11-25-23/h5-8,10-11,13-14H,9,12H2,1-4H3,(H,26,29)(H2,24,25,27,30). The Morgan fingerprint density at radius 1 is 1.12 bits per heavy atom. The Hall–Kier alpha value is -3.50. The van der Waals surface area contributed by atoms with Gasteiger partial charge in [-0.1, -0.05) is 0 Å². The van der Waals surface area contributed by atoms with Gasteiger partial charge in [-0.2, -0.15) is 0 Å². The number of hydrogen-bond donors (Lipinski definition) is 3. The van der Waals surface area contributed by atoms with Crippen LogP contribution in [0.15, 0.2) is 53.7 Å². The summed E-state index contributed by atoms with van der Waals surface area (Å²) in [5.41, 5.74) is 2.75. The molecule has 0 aliphatic heterocycles. The first-order valence-electron chi connectivity index (χ1n) is 10.3. The SMILES string of the molecule is COc1cc(C)c(S(=O)N(C)CCC(=O)Nc2ccc(C(=O)Nc3ncc[nH]3)cc2)c(C)c1. The van der Waals surface area contributed by atoms with Gasteiger partial charge in [0.2, 0.25) is 11.9 Å². The van der Waals surface area contributed by atoms with Crippen LogP contribution in [-0.2, 0) is 15.8 Å². The van der Waals surface area contributed by atoms with Crippen molar-refractivity contribution in [3.8, 4) is 5.75 Å². The smallest absolute Gasteiger partial charge is 0.257 e. The van der Waals surface area contributed by atoms with Crippen molar-refractivity contribution in [3.63, 3.8) is 0 Å². The van der Waals surface area contributed by atoms with Crippen molar-refractivity contribution in [2.45, 2.75) is 25.2 Å². The monoisotopic (exact) mass is 469 g/mol. The Kier molecular flexibility index (Phi) is 7.96. The zero-order valence-corrected chi connectivity index (χ0v) is 19.8. The molecule has 0 saturated heterocycles. The number of H-pyrrole nitrogens is 1. The van der Waals surface area contributed by atoms with E-state index in [0.29, 0.717) is 23.7 Å². The lowest BCUT2D eigenvalue weighted by Gasteiger charge is -2.19. The number of imidazole rings is 1. The summed E-state index contributed by atoms with van der Waals surface area (Å²) >= 11 is 0. The Morgan fingerprint density at radius 2 is 1.79 bits per heavy atom. The number of rotatable bonds is 9. The lowest BCUT2D eigenvalue weighted by atomic mass is 10.1. The minimum Gasteiger partial charge on any atom is -0.497 e. The third kappa shape index (κ3) is 6.27. The molecule has 0 saturated carbocycles. The first-order valence-corrected chi connectivity index (χ1v) is 11.4. The van der Waals surface area contributed by atoms with E-state index in [-0.39, 0.29) is 18.2 Å². The summed E-state index contributed by atoms with van der Waals surface area (Å²) in [6.07, 6.45) is 3.32. The zero-order chi connectivity index (χ0) is 24.0. The van der Waals surface area contributed by atoms with Crippen LogP contribution in [0.1, 0.15) is 27.9 Å². The Labute approximate surface area is 195 Å². The minimum absolute atomic E-state index is 0.164. The number of anilines is 2. The number of carbonyl (C=O) groups is 2. The lowest BCUT2D eigenvalue weighted by molar-refractivity contribution is -0.116. The van der Waals surface area contributed by atoms with E-state index in [9.17, 15) is 13.8 Å². The number of aromatic amines is 1. The molecule has 0 spiro atoms. The largest absolute Gasteiger partial charge is 0.497 e. The summed E-state index contributed by atoms with van der Waals surface area (Å²) in [5.74, 6) is 0.557. The van der Waals surface area contributed by atoms with Gasteiger partial charge in [0, 0.05) is 43.7 Å². The topological polar surface area (TPSA) is 116 Å². The number of nitrogens with zero attached hydrogens (tertiary/aromatic N) is 2. The van der Waals surface area contributed by atoms with Gasteiger partial charge in [-0.05, 0) is 61.4 Å². The van der Waals surface area contributed by atoms with Crippen molar-refractivity contribution < 1.29 is 18.5 Å². The maximum atomic E-state index is 13.0. The minimum atomic E-state index is -1.40. The number of hydrogen-bond acceptors (Lipinski definition) is 5. The molecule has 2 amide bonds. The van der Waals surface area contributed by atoms with Gasteiger partial charge >= 0.3 is 0 Å². The van der Waals surface area contributed by atoms with Gasteiger partial charge in [0.15, 0.2) is 0 Å². The molecule has 1 atom stereocenters. The number of aromatic nitrogens is 2. The fourth-order valence-electron chi connectivity index (χ4n) is 3.24. The molecule has 10 heteroatoms. The molecule has 9 nitrogen and oxygen atoms in total. The van der Waals surface area contributed by atoms with Gasteiger partial charge in [-0.3, -0.25) is 14.9 Å². The fraction of sp³-hybridized carbons (Fsp3) is 0.261. The summed E-state index contributed by atoms with van der Waals surface area (Å²) in [6.45, 7) is 4.09. The van der Waals surface area contributed by atoms with E-state index in [2.05, 4.69) is 20.6 Å². The highest BCUT2D eigenvalue weighted by Crippen LogP contribution is 2.25. The molecule has 33 heavy (non-hydrogen) atoms. The number of aryl methyl sites for hydroxylation is 2. The van der Waals surface area contributed by atoms with E-state index in [0.717, 1.165) is 21.8 Å². The number of methoxy groups -OCH3 is 1. The summed E-state index contributed by atoms with van der Waals surface area (Å²) < 4.78 is 19.9. The van der Waals surface area contributed by atoms with Crippen LogP contribution in [0.5, 0.6) is 5.75 Å². The summed E-state index contributed by atoms with van der Waals surface area (Å²) in [4.78, 5) is 32.0. The van der Waals surface area contributed by atoms with Crippen molar-refractivity contribution in [3.05, 3.63) is 65.5 Å². The second kappa shape index (κ2) is 10.9. The van der Waals surface area contributed by atoms with Crippen molar-refractivity contribution in [1.29, 1.82) is 0 Å². The highest BCUT2D eigenvalue weighted by Gasteiger charge is 2.18. The molecule has 1 aromatic heterocycles. The predicted octanol–water partition coefficient (Wildman–Crippen LogP) is 3.27. The normalized spacial score (nSPS) is 11.8. The molecule has 0 fully saturated rings. The van der Waals surface area contributed by atoms with Crippen LogP contribution >= 0.6 is 0 Å². The molecule has 3 rings (SSSR count). The van der Waals surface area contributed by atoms with E-state index >= 15 is 0 Å². The Bertz CT molecular complexity index is 1120. The van der Waals surface area contributed by atoms with Gasteiger partial charge in [0.1, 0.15) is 16.7 Å². The maximum Gasteiger partial charge on any atom is 0.257 e. The first kappa shape index (κ1) is 24.1. The Balaban J connectivity index is 1.52. The van der Waals surface area contributed by atoms with E-state index in [1.165, 1.54) is 0 Å². The van der Waals surface area contributed by atoms with Gasteiger partial charge in [0.25, 0.3) is 5.91 Å². The molecule has 0 bridgehead atoms. The van der Waals surface area contributed by atoms with E-state index in [1.54, 1.807) is 55.1 Å². The van der Waals surface area contributed by atoms with Crippen LogP contribution in [0, 0.1) is 13.8 Å². The third-order valence-corrected chi connectivity index (χ3v) is 6.68. The summed E-state index contributed by atoms with van der Waals surface area (Å²) in [5, 5.41) is 5.43. The molecule has 0 aliphatic carbocycles. The molecule has 3 aromatic rings. The first-order chi connectivity index (χ1) is 15.8. The highest BCUT2D eigenvalue weighted by molar-refractivity contribution is 7.82. The molecule has 2 aromatic carbocycles. The molecular weight excluding hydrogens is 442 g/mol. The average Bonchev–Trinajstić information content (AvgIpc) is 3.30. The maximum absolute atomic E-state index is 13.0. The van der Waals surface area contributed by atoms with E-state index in [4.69, 9.17) is 4.74 Å². The zero-order valence-electron chi connectivity index (χ0n) is 19.0. The van der Waals surface area contributed by atoms with Crippen molar-refractivity contribution in [1.82, 2.24) is 14.3 Å². The van der Waals surface area contributed by atoms with Gasteiger partial charge in [-0.15, -0.1) is 0 Å². The quantitative estimate of drug-likeness (QED) is 0.445. The average molecular weight is 470 g/mol. The van der Waals surface area contributed by atoms with Crippen LogP contribution in [0.2, 0.25) is 0 Å². The van der Waals surface area contributed by atoms with Gasteiger partial charge in [-0.25, -0.2) is 13.5 Å². The second-order valence-corrected chi connectivity index (χ2v) is 8.99. The fourth-order valence-corrected chi connectivity index (χ4v) is 4.48. The molecule has 1 heterocycles. The Morgan fingerprint density at radius 3 is 2.36 bits per heavy atom. The molecule has 0 radical (unpaired) electrons. The van der Waals surface area contributed by atoms with E-state index in [1.807, 2.05) is 26.0 Å². The third-order valence-electron chi connectivity index (χ3n) is 4.94. The number of carbonyl (C=O) groups excluding carboxylic acids is 2. The van der Waals surface area contributed by atoms with Crippen molar-refractivity contribution in [2.24, 2.45) is 0 Å². The number of amides is 2. The number of ether oxygens (including phenoxy) is 1. The highest BCUT2D eigenvalue weighted by atomic mass is 32.2. The molecule has 0 aliphatic rings. The summed E-state index contributed by atoms with van der Waals surface area (Å²) in [7, 11) is 1.92. The van der Waals surface area contributed by atoms with Crippen LogP contribution < -0.4 is 15.4 Å².